The first-order valence-electron chi connectivity index (χ1n) is 7.36. The fourth-order valence-electron chi connectivity index (χ4n) is 3.19. The lowest BCUT2D eigenvalue weighted by atomic mass is 10.0. The lowest BCUT2D eigenvalue weighted by molar-refractivity contribution is 0.0679. The van der Waals surface area contributed by atoms with Gasteiger partial charge < -0.3 is 4.90 Å². The zero-order valence-electron chi connectivity index (χ0n) is 12.1. The van der Waals surface area contributed by atoms with Crippen LogP contribution in [0, 0.1) is 11.6 Å². The first-order valence-corrected chi connectivity index (χ1v) is 7.36. The number of fused-ring (bicyclic) bond motifs is 3. The molecule has 0 radical (unpaired) electrons. The maximum Gasteiger partial charge on any atom is 0.256 e. The predicted octanol–water partition coefficient (Wildman–Crippen LogP) is 3.50. The Kier molecular flexibility index (Phi) is 3.18. The molecule has 0 bridgehead atoms. The second-order valence-electron chi connectivity index (χ2n) is 5.79. The smallest absolute Gasteiger partial charge is 0.256 e. The summed E-state index contributed by atoms with van der Waals surface area (Å²) < 4.78 is 26.6. The largest absolute Gasteiger partial charge is 0.309 e. The van der Waals surface area contributed by atoms with Gasteiger partial charge in [0, 0.05) is 23.7 Å². The minimum Gasteiger partial charge on any atom is -0.309 e. The van der Waals surface area contributed by atoms with Gasteiger partial charge in [-0.25, -0.2) is 8.78 Å². The number of rotatable bonds is 2. The van der Waals surface area contributed by atoms with Crippen LogP contribution >= 0.6 is 0 Å². The molecule has 0 spiro atoms. The van der Waals surface area contributed by atoms with Crippen molar-refractivity contribution in [2.75, 3.05) is 6.54 Å². The van der Waals surface area contributed by atoms with E-state index < -0.39 is 11.6 Å². The summed E-state index contributed by atoms with van der Waals surface area (Å²) in [5.41, 5.74) is 2.01. The van der Waals surface area contributed by atoms with Gasteiger partial charge in [0.2, 0.25) is 0 Å². The van der Waals surface area contributed by atoms with Crippen molar-refractivity contribution in [1.82, 2.24) is 4.90 Å². The van der Waals surface area contributed by atoms with E-state index in [9.17, 15) is 13.6 Å². The van der Waals surface area contributed by atoms with Gasteiger partial charge in [-0.1, -0.05) is 18.2 Å². The Morgan fingerprint density at radius 1 is 1.09 bits per heavy atom. The van der Waals surface area contributed by atoms with Crippen molar-refractivity contribution >= 4 is 5.91 Å². The fourth-order valence-corrected chi connectivity index (χ4v) is 3.19. The van der Waals surface area contributed by atoms with Crippen LogP contribution in [0.5, 0.6) is 0 Å². The van der Waals surface area contributed by atoms with Gasteiger partial charge in [0.25, 0.3) is 5.91 Å². The molecule has 0 aliphatic carbocycles. The minimum absolute atomic E-state index is 0.0697. The maximum absolute atomic E-state index is 13.3. The third kappa shape index (κ3) is 2.40. The summed E-state index contributed by atoms with van der Waals surface area (Å²) in [6.45, 7) is 0.389. The summed E-state index contributed by atoms with van der Waals surface area (Å²) in [6, 6.07) is 10.4. The number of carbonyl (C=O) groups is 1. The van der Waals surface area contributed by atoms with Crippen LogP contribution in [0.2, 0.25) is 0 Å². The topological polar surface area (TPSA) is 45.0 Å². The van der Waals surface area contributed by atoms with Crippen LogP contribution in [0.3, 0.4) is 0 Å². The lowest BCUT2D eigenvalue weighted by Crippen LogP contribution is -2.37. The van der Waals surface area contributed by atoms with Crippen LogP contribution < -0.4 is 0 Å². The van der Waals surface area contributed by atoms with E-state index >= 15 is 0 Å². The highest BCUT2D eigenvalue weighted by atomic mass is 19.1. The van der Waals surface area contributed by atoms with Gasteiger partial charge in [-0.2, -0.15) is 10.2 Å². The van der Waals surface area contributed by atoms with Crippen LogP contribution in [0.25, 0.3) is 0 Å². The van der Waals surface area contributed by atoms with Gasteiger partial charge >= 0.3 is 0 Å². The lowest BCUT2D eigenvalue weighted by Gasteiger charge is -2.29. The van der Waals surface area contributed by atoms with Crippen LogP contribution in [-0.2, 0) is 6.42 Å². The number of benzene rings is 2. The van der Waals surface area contributed by atoms with E-state index in [4.69, 9.17) is 0 Å². The normalized spacial score (nSPS) is 22.2. The van der Waals surface area contributed by atoms with Crippen LogP contribution in [0.1, 0.15) is 27.7 Å². The van der Waals surface area contributed by atoms with E-state index in [2.05, 4.69) is 10.2 Å². The summed E-state index contributed by atoms with van der Waals surface area (Å²) in [7, 11) is 0. The third-order valence-corrected chi connectivity index (χ3v) is 4.17. The molecule has 0 saturated carbocycles. The van der Waals surface area contributed by atoms with Crippen LogP contribution in [0.15, 0.2) is 52.7 Å². The Morgan fingerprint density at radius 3 is 2.61 bits per heavy atom. The van der Waals surface area contributed by atoms with Crippen molar-refractivity contribution in [2.24, 2.45) is 10.2 Å². The van der Waals surface area contributed by atoms with Gasteiger partial charge in [0.05, 0.1) is 6.04 Å². The Balaban J connectivity index is 1.58. The standard InChI is InChI=1S/C17H13F2N3O/c18-11-5-10(6-12(19)8-11)7-13-9-22-16(21-20-13)14-3-1-2-4-15(14)17(22)23/h1-6,8,13,16H,7,9H2/t13-,16?/m0/s1. The number of azo groups is 1. The molecule has 0 fully saturated rings. The fraction of sp³-hybridized carbons (Fsp3) is 0.235. The molecule has 6 heteroatoms. The molecule has 4 rings (SSSR count). The van der Waals surface area contributed by atoms with E-state index in [0.29, 0.717) is 24.1 Å². The Morgan fingerprint density at radius 2 is 1.83 bits per heavy atom. The monoisotopic (exact) mass is 313 g/mol. The summed E-state index contributed by atoms with van der Waals surface area (Å²) in [5, 5.41) is 8.49. The van der Waals surface area contributed by atoms with E-state index in [1.54, 1.807) is 11.0 Å². The molecule has 2 aromatic carbocycles. The Hall–Kier alpha value is -2.63. The van der Waals surface area contributed by atoms with Crippen LogP contribution in [0.4, 0.5) is 8.78 Å². The van der Waals surface area contributed by atoms with Gasteiger partial charge in [0.1, 0.15) is 11.6 Å². The van der Waals surface area contributed by atoms with Crippen LogP contribution in [-0.4, -0.2) is 23.4 Å². The van der Waals surface area contributed by atoms with Gasteiger partial charge in [-0.3, -0.25) is 4.79 Å². The van der Waals surface area contributed by atoms with E-state index in [1.807, 2.05) is 18.2 Å². The zero-order valence-corrected chi connectivity index (χ0v) is 12.1. The molecule has 0 N–H and O–H groups in total. The van der Waals surface area contributed by atoms with Crippen molar-refractivity contribution in [3.8, 4) is 0 Å². The quantitative estimate of drug-likeness (QED) is 0.837. The molecule has 0 aromatic heterocycles. The molecular formula is C17H13F2N3O. The molecule has 2 aliphatic rings. The second-order valence-corrected chi connectivity index (χ2v) is 5.79. The highest BCUT2D eigenvalue weighted by Crippen LogP contribution is 2.37. The average molecular weight is 313 g/mol. The SMILES string of the molecule is O=C1c2ccccc2C2N=N[C@@H](Cc3cc(F)cc(F)c3)CN12. The number of amides is 1. The molecule has 2 atom stereocenters. The molecule has 1 unspecified atom stereocenters. The zero-order chi connectivity index (χ0) is 16.0. The Bertz CT molecular complexity index is 801. The highest BCUT2D eigenvalue weighted by Gasteiger charge is 2.40. The molecule has 0 saturated heterocycles. The molecule has 1 amide bonds. The van der Waals surface area contributed by atoms with E-state index in [-0.39, 0.29) is 18.1 Å². The van der Waals surface area contributed by atoms with Crippen molar-refractivity contribution in [3.05, 3.63) is 70.8 Å². The van der Waals surface area contributed by atoms with Crippen molar-refractivity contribution in [1.29, 1.82) is 0 Å². The van der Waals surface area contributed by atoms with Crippen molar-refractivity contribution in [2.45, 2.75) is 18.6 Å². The summed E-state index contributed by atoms with van der Waals surface area (Å²) in [4.78, 5) is 14.1. The molecule has 116 valence electrons. The number of nitrogens with zero attached hydrogens (tertiary/aromatic N) is 3. The highest BCUT2D eigenvalue weighted by molar-refractivity contribution is 5.99. The number of carbonyl (C=O) groups excluding carboxylic acids is 1. The first kappa shape index (κ1) is 14.0. The first-order chi connectivity index (χ1) is 11.1. The summed E-state index contributed by atoms with van der Waals surface area (Å²) in [5.74, 6) is -1.30. The van der Waals surface area contributed by atoms with Gasteiger partial charge in [-0.05, 0) is 30.2 Å². The van der Waals surface area contributed by atoms with Gasteiger partial charge in [-0.15, -0.1) is 0 Å². The van der Waals surface area contributed by atoms with E-state index in [1.165, 1.54) is 12.1 Å². The van der Waals surface area contributed by atoms with Crippen molar-refractivity contribution in [3.63, 3.8) is 0 Å². The number of hydrogen-bond acceptors (Lipinski definition) is 3. The second kappa shape index (κ2) is 5.22. The summed E-state index contributed by atoms with van der Waals surface area (Å²) >= 11 is 0. The van der Waals surface area contributed by atoms with Gasteiger partial charge in [0.15, 0.2) is 6.17 Å². The molecule has 4 nitrogen and oxygen atoms in total. The predicted molar refractivity (Wildman–Crippen MR) is 78.9 cm³/mol. The van der Waals surface area contributed by atoms with E-state index in [0.717, 1.165) is 11.6 Å². The minimum atomic E-state index is -0.615. The number of hydrogen-bond donors (Lipinski definition) is 0. The summed E-state index contributed by atoms with van der Waals surface area (Å²) in [6.07, 6.45) is -0.0374. The Labute approximate surface area is 131 Å². The maximum atomic E-state index is 13.3. The third-order valence-electron chi connectivity index (χ3n) is 4.17. The molecule has 2 aromatic rings. The average Bonchev–Trinajstić information content (AvgIpc) is 2.80. The molecule has 2 heterocycles. The van der Waals surface area contributed by atoms with Crippen molar-refractivity contribution < 1.29 is 13.6 Å². The molecule has 2 aliphatic heterocycles. The molecular weight excluding hydrogens is 300 g/mol. The number of halogens is 2. The molecule has 23 heavy (non-hydrogen) atoms.